The Morgan fingerprint density at radius 2 is 2.28 bits per heavy atom. The van der Waals surface area contributed by atoms with Gasteiger partial charge in [-0.3, -0.25) is 0 Å². The summed E-state index contributed by atoms with van der Waals surface area (Å²) in [7, 11) is 0. The zero-order chi connectivity index (χ0) is 13.1. The quantitative estimate of drug-likeness (QED) is 0.922. The number of hydrogen-bond donors (Lipinski definition) is 1. The number of nitrogens with zero attached hydrogens (tertiary/aromatic N) is 1. The van der Waals surface area contributed by atoms with Crippen molar-refractivity contribution in [3.8, 4) is 17.1 Å². The second-order valence-corrected chi connectivity index (χ2v) is 4.05. The predicted molar refractivity (Wildman–Crippen MR) is 64.7 cm³/mol. The molecule has 0 spiro atoms. The first-order chi connectivity index (χ1) is 8.58. The lowest BCUT2D eigenvalue weighted by atomic mass is 10.1. The molecule has 0 aliphatic rings. The molecule has 1 aromatic heterocycles. The largest absolute Gasteiger partial charge is 0.479 e. The van der Waals surface area contributed by atoms with Crippen LogP contribution in [0.3, 0.4) is 0 Å². The van der Waals surface area contributed by atoms with Crippen molar-refractivity contribution in [2.45, 2.75) is 13.0 Å². The molecule has 5 nitrogen and oxygen atoms in total. The Balaban J connectivity index is 2.38. The molecule has 0 fully saturated rings. The van der Waals surface area contributed by atoms with Crippen molar-refractivity contribution >= 4 is 17.6 Å². The minimum absolute atomic E-state index is 0.381. The number of rotatable bonds is 4. The first-order valence-electron chi connectivity index (χ1n) is 5.18. The summed E-state index contributed by atoms with van der Waals surface area (Å²) in [4.78, 5) is 10.8. The van der Waals surface area contributed by atoms with Gasteiger partial charge in [0.2, 0.25) is 0 Å². The van der Waals surface area contributed by atoms with E-state index in [-0.39, 0.29) is 0 Å². The molecule has 1 N–H and O–H groups in total. The average molecular weight is 268 g/mol. The smallest absolute Gasteiger partial charge is 0.344 e. The van der Waals surface area contributed by atoms with Crippen LogP contribution in [0.4, 0.5) is 0 Å². The lowest BCUT2D eigenvalue weighted by Crippen LogP contribution is -2.23. The Kier molecular flexibility index (Phi) is 3.53. The fourth-order valence-electron chi connectivity index (χ4n) is 1.39. The second kappa shape index (κ2) is 5.10. The van der Waals surface area contributed by atoms with Crippen molar-refractivity contribution in [3.63, 3.8) is 0 Å². The zero-order valence-electron chi connectivity index (χ0n) is 9.46. The van der Waals surface area contributed by atoms with Gasteiger partial charge in [-0.05, 0) is 25.1 Å². The number of benzene rings is 1. The Hall–Kier alpha value is -2.01. The topological polar surface area (TPSA) is 72.6 Å². The van der Waals surface area contributed by atoms with Crippen LogP contribution >= 0.6 is 11.6 Å². The van der Waals surface area contributed by atoms with Crippen molar-refractivity contribution in [3.05, 3.63) is 35.5 Å². The Labute approximate surface area is 108 Å². The third-order valence-electron chi connectivity index (χ3n) is 2.30. The predicted octanol–water partition coefficient (Wildman–Crippen LogP) is 2.85. The zero-order valence-corrected chi connectivity index (χ0v) is 10.2. The van der Waals surface area contributed by atoms with E-state index in [1.807, 2.05) is 0 Å². The maximum atomic E-state index is 10.8. The van der Waals surface area contributed by atoms with Gasteiger partial charge < -0.3 is 14.4 Å². The van der Waals surface area contributed by atoms with Crippen LogP contribution in [0, 0.1) is 0 Å². The van der Waals surface area contributed by atoms with E-state index in [0.717, 1.165) is 0 Å². The monoisotopic (exact) mass is 267 g/mol. The van der Waals surface area contributed by atoms with E-state index in [4.69, 9.17) is 26.0 Å². The summed E-state index contributed by atoms with van der Waals surface area (Å²) in [6.45, 7) is 1.45. The number of ether oxygens (including phenoxy) is 1. The van der Waals surface area contributed by atoms with Crippen LogP contribution in [-0.2, 0) is 4.79 Å². The van der Waals surface area contributed by atoms with Gasteiger partial charge in [0.1, 0.15) is 5.75 Å². The van der Waals surface area contributed by atoms with Crippen molar-refractivity contribution < 1.29 is 19.2 Å². The molecule has 2 rings (SSSR count). The summed E-state index contributed by atoms with van der Waals surface area (Å²) >= 11 is 5.90. The number of carbonyl (C=O) groups is 1. The first kappa shape index (κ1) is 12.4. The third kappa shape index (κ3) is 2.62. The second-order valence-electron chi connectivity index (χ2n) is 3.62. The van der Waals surface area contributed by atoms with Crippen molar-refractivity contribution in [2.24, 2.45) is 0 Å². The molecule has 0 radical (unpaired) electrons. The van der Waals surface area contributed by atoms with E-state index in [1.54, 1.807) is 24.3 Å². The van der Waals surface area contributed by atoms with Gasteiger partial charge in [0.05, 0.1) is 11.8 Å². The molecule has 0 amide bonds. The van der Waals surface area contributed by atoms with Gasteiger partial charge in [-0.2, -0.15) is 0 Å². The van der Waals surface area contributed by atoms with Crippen LogP contribution in [0.25, 0.3) is 11.3 Å². The van der Waals surface area contributed by atoms with Crippen LogP contribution in [0.2, 0.25) is 5.02 Å². The standard InChI is InChI=1S/C12H10ClNO4/c1-7(12(15)16)17-10-3-2-8(13)6-9(10)11-4-5-14-18-11/h2-7H,1H3,(H,15,16)/t7-/m0/s1. The summed E-state index contributed by atoms with van der Waals surface area (Å²) in [5.74, 6) is -0.204. The summed E-state index contributed by atoms with van der Waals surface area (Å²) in [5.41, 5.74) is 0.563. The first-order valence-corrected chi connectivity index (χ1v) is 5.56. The molecule has 1 aromatic carbocycles. The van der Waals surface area contributed by atoms with Crippen LogP contribution in [0.1, 0.15) is 6.92 Å². The Morgan fingerprint density at radius 1 is 1.50 bits per heavy atom. The van der Waals surface area contributed by atoms with Gasteiger partial charge >= 0.3 is 5.97 Å². The summed E-state index contributed by atoms with van der Waals surface area (Å²) in [6.07, 6.45) is 0.522. The highest BCUT2D eigenvalue weighted by Crippen LogP contribution is 2.33. The molecule has 0 bridgehead atoms. The lowest BCUT2D eigenvalue weighted by Gasteiger charge is -2.13. The number of hydrogen-bond acceptors (Lipinski definition) is 4. The fourth-order valence-corrected chi connectivity index (χ4v) is 1.57. The number of halogens is 1. The average Bonchev–Trinajstić information content (AvgIpc) is 2.84. The number of aromatic nitrogens is 1. The molecule has 0 unspecified atom stereocenters. The SMILES string of the molecule is C[C@H](Oc1ccc(Cl)cc1-c1ccno1)C(=O)O. The molecule has 0 saturated carbocycles. The normalized spacial score (nSPS) is 12.1. The van der Waals surface area contributed by atoms with Crippen LogP contribution < -0.4 is 4.74 Å². The van der Waals surface area contributed by atoms with Gasteiger partial charge in [-0.15, -0.1) is 0 Å². The van der Waals surface area contributed by atoms with Gasteiger partial charge in [-0.1, -0.05) is 16.8 Å². The summed E-state index contributed by atoms with van der Waals surface area (Å²) < 4.78 is 10.4. The van der Waals surface area contributed by atoms with E-state index < -0.39 is 12.1 Å². The van der Waals surface area contributed by atoms with Crippen LogP contribution in [0.5, 0.6) is 5.75 Å². The molecule has 0 aliphatic heterocycles. The third-order valence-corrected chi connectivity index (χ3v) is 2.53. The van der Waals surface area contributed by atoms with Gasteiger partial charge in [-0.25, -0.2) is 4.79 Å². The highest BCUT2D eigenvalue weighted by molar-refractivity contribution is 6.30. The molecule has 18 heavy (non-hydrogen) atoms. The van der Waals surface area contributed by atoms with E-state index in [0.29, 0.717) is 22.1 Å². The number of aliphatic carboxylic acids is 1. The molecular formula is C12H10ClNO4. The molecule has 0 aliphatic carbocycles. The van der Waals surface area contributed by atoms with Crippen LogP contribution in [-0.4, -0.2) is 22.3 Å². The summed E-state index contributed by atoms with van der Waals surface area (Å²) in [6, 6.07) is 6.49. The molecule has 2 aromatic rings. The molecule has 0 saturated heterocycles. The molecule has 6 heteroatoms. The van der Waals surface area contributed by atoms with Gasteiger partial charge in [0.25, 0.3) is 0 Å². The maximum absolute atomic E-state index is 10.8. The highest BCUT2D eigenvalue weighted by Gasteiger charge is 2.17. The lowest BCUT2D eigenvalue weighted by molar-refractivity contribution is -0.144. The summed E-state index contributed by atoms with van der Waals surface area (Å²) in [5, 5.41) is 12.9. The highest BCUT2D eigenvalue weighted by atomic mass is 35.5. The van der Waals surface area contributed by atoms with E-state index in [9.17, 15) is 4.79 Å². The minimum Gasteiger partial charge on any atom is -0.479 e. The molecular weight excluding hydrogens is 258 g/mol. The van der Waals surface area contributed by atoms with Crippen LogP contribution in [0.15, 0.2) is 35.0 Å². The molecule has 1 atom stereocenters. The number of carboxylic acid groups (broad SMARTS) is 1. The number of carboxylic acids is 1. The Bertz CT molecular complexity index is 553. The van der Waals surface area contributed by atoms with Crippen molar-refractivity contribution in [2.75, 3.05) is 0 Å². The Morgan fingerprint density at radius 3 is 2.89 bits per heavy atom. The van der Waals surface area contributed by atoms with E-state index in [1.165, 1.54) is 13.1 Å². The van der Waals surface area contributed by atoms with Gasteiger partial charge in [0.15, 0.2) is 11.9 Å². The minimum atomic E-state index is -1.05. The molecule has 94 valence electrons. The van der Waals surface area contributed by atoms with E-state index in [2.05, 4.69) is 5.16 Å². The van der Waals surface area contributed by atoms with Gasteiger partial charge in [0, 0.05) is 11.1 Å². The fraction of sp³-hybridized carbons (Fsp3) is 0.167. The molecule has 1 heterocycles. The maximum Gasteiger partial charge on any atom is 0.344 e. The van der Waals surface area contributed by atoms with E-state index >= 15 is 0 Å². The van der Waals surface area contributed by atoms with Crippen molar-refractivity contribution in [1.82, 2.24) is 5.16 Å². The van der Waals surface area contributed by atoms with Crippen molar-refractivity contribution in [1.29, 1.82) is 0 Å².